The van der Waals surface area contributed by atoms with Gasteiger partial charge in [0.2, 0.25) is 11.8 Å². The minimum atomic E-state index is -0.0244. The molecule has 0 unspecified atom stereocenters. The molecule has 3 rings (SSSR count). The number of carbonyl (C=O) groups is 2. The maximum absolute atomic E-state index is 12.1. The Labute approximate surface area is 160 Å². The summed E-state index contributed by atoms with van der Waals surface area (Å²) < 4.78 is 5.33. The molecule has 146 valence electrons. The lowest BCUT2D eigenvalue weighted by Gasteiger charge is -2.29. The molecule has 3 N–H and O–H groups in total. The number of nitrogens with one attached hydrogen (secondary N) is 3. The van der Waals surface area contributed by atoms with Gasteiger partial charge in [-0.3, -0.25) is 20.0 Å². The highest BCUT2D eigenvalue weighted by atomic mass is 16.5. The van der Waals surface area contributed by atoms with E-state index in [0.717, 1.165) is 44.1 Å². The molecular weight excluding hydrogens is 344 g/mol. The lowest BCUT2D eigenvalue weighted by molar-refractivity contribution is -0.906. The van der Waals surface area contributed by atoms with Crippen LogP contribution in [0, 0.1) is 6.92 Å². The fourth-order valence-corrected chi connectivity index (χ4v) is 3.24. The second-order valence-corrected chi connectivity index (χ2v) is 7.06. The second kappa shape index (κ2) is 9.53. The average Bonchev–Trinajstić information content (AvgIpc) is 2.69. The van der Waals surface area contributed by atoms with Crippen LogP contribution in [0.4, 0.5) is 0 Å². The van der Waals surface area contributed by atoms with Crippen LogP contribution in [0.2, 0.25) is 0 Å². The molecule has 2 amide bonds. The molecule has 1 saturated heterocycles. The lowest BCUT2D eigenvalue weighted by atomic mass is 10.1. The summed E-state index contributed by atoms with van der Waals surface area (Å²) in [6, 6.07) is 8.15. The first-order valence-electron chi connectivity index (χ1n) is 9.64. The summed E-state index contributed by atoms with van der Waals surface area (Å²) in [5, 5.41) is 4.50. The van der Waals surface area contributed by atoms with Crippen molar-refractivity contribution in [1.82, 2.24) is 15.8 Å². The number of amides is 2. The van der Waals surface area contributed by atoms with Crippen molar-refractivity contribution in [2.75, 3.05) is 45.9 Å². The Morgan fingerprint density at radius 2 is 2.00 bits per heavy atom. The van der Waals surface area contributed by atoms with Gasteiger partial charge in [0.25, 0.3) is 0 Å². The third kappa shape index (κ3) is 5.80. The Bertz CT molecular complexity index is 681. The van der Waals surface area contributed by atoms with E-state index >= 15 is 0 Å². The van der Waals surface area contributed by atoms with Gasteiger partial charge in [0.05, 0.1) is 38.5 Å². The number of rotatable bonds is 7. The van der Waals surface area contributed by atoms with Crippen molar-refractivity contribution in [3.8, 4) is 0 Å². The molecule has 7 nitrogen and oxygen atoms in total. The molecule has 0 radical (unpaired) electrons. The topological polar surface area (TPSA) is 75.1 Å². The molecule has 2 aliphatic heterocycles. The van der Waals surface area contributed by atoms with E-state index in [2.05, 4.69) is 10.7 Å². The summed E-state index contributed by atoms with van der Waals surface area (Å²) >= 11 is 0. The average molecular weight is 373 g/mol. The van der Waals surface area contributed by atoms with E-state index in [1.165, 1.54) is 10.5 Å². The quantitative estimate of drug-likeness (QED) is 0.602. The van der Waals surface area contributed by atoms with Gasteiger partial charge in [-0.1, -0.05) is 29.8 Å². The van der Waals surface area contributed by atoms with Crippen LogP contribution in [0.5, 0.6) is 0 Å². The molecule has 0 aliphatic carbocycles. The summed E-state index contributed by atoms with van der Waals surface area (Å²) in [4.78, 5) is 25.7. The van der Waals surface area contributed by atoms with E-state index < -0.39 is 0 Å². The minimum absolute atomic E-state index is 0.0172. The van der Waals surface area contributed by atoms with Gasteiger partial charge in [-0.15, -0.1) is 0 Å². The van der Waals surface area contributed by atoms with Crippen LogP contribution in [-0.2, 0) is 14.3 Å². The van der Waals surface area contributed by atoms with Crippen molar-refractivity contribution in [2.24, 2.45) is 0 Å². The number of aryl methyl sites for hydroxylation is 1. The Morgan fingerprint density at radius 3 is 2.74 bits per heavy atom. The zero-order chi connectivity index (χ0) is 19.1. The predicted octanol–water partition coefficient (Wildman–Crippen LogP) is -0.506. The van der Waals surface area contributed by atoms with Gasteiger partial charge in [-0.2, -0.15) is 0 Å². The molecule has 2 heterocycles. The molecule has 1 fully saturated rings. The highest BCUT2D eigenvalue weighted by molar-refractivity contribution is 5.84. The summed E-state index contributed by atoms with van der Waals surface area (Å²) in [6.45, 7) is 7.55. The molecule has 0 atom stereocenters. The van der Waals surface area contributed by atoms with Crippen molar-refractivity contribution in [3.05, 3.63) is 41.5 Å². The minimum Gasteiger partial charge on any atom is -0.370 e. The molecule has 2 aliphatic rings. The SMILES string of the molecule is Cc1ccc(C2=CCC(=O)N(CCC(=O)NCC[NH+]3CCOCC3)N2)cc1. The molecule has 0 saturated carbocycles. The van der Waals surface area contributed by atoms with Gasteiger partial charge < -0.3 is 15.0 Å². The molecule has 0 spiro atoms. The van der Waals surface area contributed by atoms with Crippen molar-refractivity contribution in [1.29, 1.82) is 0 Å². The maximum Gasteiger partial charge on any atom is 0.244 e. The third-order valence-electron chi connectivity index (χ3n) is 4.96. The lowest BCUT2D eigenvalue weighted by Crippen LogP contribution is -3.14. The standard InChI is InChI=1S/C20H28N4O3/c1-16-2-4-17(5-3-16)18-6-7-20(26)24(22-18)10-8-19(25)21-9-11-23-12-14-27-15-13-23/h2-6,22H,7-15H2,1H3,(H,21,25)/p+1. The van der Waals surface area contributed by atoms with Gasteiger partial charge >= 0.3 is 0 Å². The molecule has 1 aromatic carbocycles. The summed E-state index contributed by atoms with van der Waals surface area (Å²) in [7, 11) is 0. The molecule has 0 bridgehead atoms. The van der Waals surface area contributed by atoms with Gasteiger partial charge in [0.15, 0.2) is 0 Å². The van der Waals surface area contributed by atoms with E-state index in [1.54, 1.807) is 5.01 Å². The fraction of sp³-hybridized carbons (Fsp3) is 0.500. The van der Waals surface area contributed by atoms with E-state index in [-0.39, 0.29) is 11.8 Å². The van der Waals surface area contributed by atoms with Crippen LogP contribution in [0.3, 0.4) is 0 Å². The number of hydrogen-bond acceptors (Lipinski definition) is 4. The van der Waals surface area contributed by atoms with Crippen LogP contribution < -0.4 is 15.6 Å². The smallest absolute Gasteiger partial charge is 0.244 e. The first kappa shape index (κ1) is 19.4. The van der Waals surface area contributed by atoms with Crippen molar-refractivity contribution >= 4 is 17.5 Å². The zero-order valence-corrected chi connectivity index (χ0v) is 15.9. The number of ether oxygens (including phenoxy) is 1. The van der Waals surface area contributed by atoms with Crippen LogP contribution >= 0.6 is 0 Å². The maximum atomic E-state index is 12.1. The van der Waals surface area contributed by atoms with Crippen molar-refractivity contribution in [2.45, 2.75) is 19.8 Å². The van der Waals surface area contributed by atoms with Crippen LogP contribution in [-0.4, -0.2) is 62.8 Å². The number of hydrazine groups is 1. The number of quaternary nitrogens is 1. The number of hydrogen-bond donors (Lipinski definition) is 3. The van der Waals surface area contributed by atoms with Crippen molar-refractivity contribution in [3.63, 3.8) is 0 Å². The summed E-state index contributed by atoms with van der Waals surface area (Å²) in [6.07, 6.45) is 2.53. The Kier molecular flexibility index (Phi) is 6.84. The monoisotopic (exact) mass is 373 g/mol. The molecular formula is C20H29N4O3+. The van der Waals surface area contributed by atoms with Gasteiger partial charge in [-0.05, 0) is 18.6 Å². The molecule has 27 heavy (non-hydrogen) atoms. The second-order valence-electron chi connectivity index (χ2n) is 7.06. The molecule has 7 heteroatoms. The van der Waals surface area contributed by atoms with E-state index in [0.29, 0.717) is 25.9 Å². The Morgan fingerprint density at radius 1 is 1.26 bits per heavy atom. The Hall–Kier alpha value is -2.38. The summed E-state index contributed by atoms with van der Waals surface area (Å²) in [5.74, 6) is -0.0416. The number of morpholine rings is 1. The van der Waals surface area contributed by atoms with Crippen LogP contribution in [0.15, 0.2) is 30.3 Å². The number of carbonyl (C=O) groups excluding carboxylic acids is 2. The normalized spacial score (nSPS) is 18.0. The highest BCUT2D eigenvalue weighted by Crippen LogP contribution is 2.18. The van der Waals surface area contributed by atoms with E-state index in [4.69, 9.17) is 4.74 Å². The van der Waals surface area contributed by atoms with Crippen LogP contribution in [0.25, 0.3) is 5.70 Å². The van der Waals surface area contributed by atoms with E-state index in [9.17, 15) is 9.59 Å². The first-order chi connectivity index (χ1) is 13.1. The van der Waals surface area contributed by atoms with Gasteiger partial charge in [0, 0.05) is 12.8 Å². The number of nitrogens with zero attached hydrogens (tertiary/aromatic N) is 1. The third-order valence-corrected chi connectivity index (χ3v) is 4.96. The summed E-state index contributed by atoms with van der Waals surface area (Å²) in [5.41, 5.74) is 6.29. The van der Waals surface area contributed by atoms with Gasteiger partial charge in [-0.25, -0.2) is 0 Å². The number of benzene rings is 1. The zero-order valence-electron chi connectivity index (χ0n) is 15.9. The predicted molar refractivity (Wildman–Crippen MR) is 103 cm³/mol. The van der Waals surface area contributed by atoms with Crippen molar-refractivity contribution < 1.29 is 19.2 Å². The Balaban J connectivity index is 1.41. The molecule has 0 aromatic heterocycles. The largest absolute Gasteiger partial charge is 0.370 e. The highest BCUT2D eigenvalue weighted by Gasteiger charge is 2.20. The van der Waals surface area contributed by atoms with Crippen LogP contribution in [0.1, 0.15) is 24.0 Å². The van der Waals surface area contributed by atoms with E-state index in [1.807, 2.05) is 37.3 Å². The first-order valence-corrected chi connectivity index (χ1v) is 9.64. The van der Waals surface area contributed by atoms with Gasteiger partial charge in [0.1, 0.15) is 13.1 Å². The fourth-order valence-electron chi connectivity index (χ4n) is 3.24. The molecule has 1 aromatic rings.